The minimum atomic E-state index is 0.185. The minimum Gasteiger partial charge on any atom is -0.508 e. The number of nitrogens with zero attached hydrogens (tertiary/aromatic N) is 3. The minimum absolute atomic E-state index is 0.185. The molecule has 3 N–H and O–H groups in total. The lowest BCUT2D eigenvalue weighted by molar-refractivity contribution is 0.475. The second-order valence-corrected chi connectivity index (χ2v) is 3.74. The summed E-state index contributed by atoms with van der Waals surface area (Å²) >= 11 is 4.76. The molecular formula is C10H10N4OS. The summed E-state index contributed by atoms with van der Waals surface area (Å²) < 4.78 is 1.64. The monoisotopic (exact) mass is 234 g/mol. The lowest BCUT2D eigenvalue weighted by atomic mass is 10.2. The highest BCUT2D eigenvalue weighted by Gasteiger charge is 2.03. The highest BCUT2D eigenvalue weighted by molar-refractivity contribution is 7.80. The summed E-state index contributed by atoms with van der Waals surface area (Å²) in [7, 11) is 0. The zero-order valence-corrected chi connectivity index (χ0v) is 9.18. The van der Waals surface area contributed by atoms with E-state index in [4.69, 9.17) is 23.1 Å². The summed E-state index contributed by atoms with van der Waals surface area (Å²) in [4.78, 5) is 4.15. The number of aromatic hydroxyl groups is 1. The van der Waals surface area contributed by atoms with E-state index >= 15 is 0 Å². The first-order valence-corrected chi connectivity index (χ1v) is 5.03. The molecule has 0 atom stereocenters. The molecule has 0 radical (unpaired) electrons. The average Bonchev–Trinajstić information content (AvgIpc) is 2.70. The second kappa shape index (κ2) is 4.28. The van der Waals surface area contributed by atoms with Gasteiger partial charge in [-0.25, -0.2) is 9.67 Å². The summed E-state index contributed by atoms with van der Waals surface area (Å²) in [6.07, 6.45) is 1.57. The highest BCUT2D eigenvalue weighted by atomic mass is 32.1. The van der Waals surface area contributed by atoms with Crippen molar-refractivity contribution in [1.82, 2.24) is 14.8 Å². The van der Waals surface area contributed by atoms with E-state index in [-0.39, 0.29) is 10.7 Å². The van der Waals surface area contributed by atoms with Crippen LogP contribution < -0.4 is 5.73 Å². The Kier molecular flexibility index (Phi) is 2.82. The van der Waals surface area contributed by atoms with Crippen LogP contribution >= 0.6 is 12.2 Å². The number of rotatable bonds is 3. The number of phenolic OH excluding ortho intramolecular Hbond substituents is 1. The van der Waals surface area contributed by atoms with Gasteiger partial charge < -0.3 is 10.8 Å². The van der Waals surface area contributed by atoms with Gasteiger partial charge in [0.25, 0.3) is 0 Å². The van der Waals surface area contributed by atoms with Gasteiger partial charge in [0.1, 0.15) is 17.1 Å². The van der Waals surface area contributed by atoms with E-state index in [2.05, 4.69) is 10.1 Å². The van der Waals surface area contributed by atoms with E-state index in [0.29, 0.717) is 12.4 Å². The zero-order chi connectivity index (χ0) is 11.5. The summed E-state index contributed by atoms with van der Waals surface area (Å²) in [6.45, 7) is 0.565. The first kappa shape index (κ1) is 10.6. The maximum atomic E-state index is 9.13. The van der Waals surface area contributed by atoms with Crippen molar-refractivity contribution in [2.75, 3.05) is 0 Å². The first-order chi connectivity index (χ1) is 7.65. The van der Waals surface area contributed by atoms with E-state index < -0.39 is 0 Å². The normalized spacial score (nSPS) is 10.2. The lowest BCUT2D eigenvalue weighted by Crippen LogP contribution is -2.12. The van der Waals surface area contributed by atoms with Crippen molar-refractivity contribution in [2.24, 2.45) is 5.73 Å². The Balaban J connectivity index is 2.14. The Hall–Kier alpha value is -1.95. The largest absolute Gasteiger partial charge is 0.508 e. The Bertz CT molecular complexity index is 506. The second-order valence-electron chi connectivity index (χ2n) is 3.30. The molecule has 0 spiro atoms. The Morgan fingerprint density at radius 2 is 2.06 bits per heavy atom. The van der Waals surface area contributed by atoms with Crippen molar-refractivity contribution in [2.45, 2.75) is 6.54 Å². The molecule has 6 heteroatoms. The van der Waals surface area contributed by atoms with Crippen LogP contribution in [0.3, 0.4) is 0 Å². The molecule has 0 aliphatic carbocycles. The Labute approximate surface area is 97.5 Å². The number of hydrogen-bond donors (Lipinski definition) is 2. The quantitative estimate of drug-likeness (QED) is 0.763. The third kappa shape index (κ3) is 2.34. The van der Waals surface area contributed by atoms with Crippen LogP contribution in [0.2, 0.25) is 0 Å². The van der Waals surface area contributed by atoms with Gasteiger partial charge in [-0.1, -0.05) is 24.4 Å². The molecule has 0 aliphatic heterocycles. The molecule has 1 heterocycles. The summed E-state index contributed by atoms with van der Waals surface area (Å²) in [5, 5.41) is 13.2. The molecule has 0 bridgehead atoms. The number of thiocarbonyl (C=S) groups is 1. The van der Waals surface area contributed by atoms with Gasteiger partial charge in [0.05, 0.1) is 6.54 Å². The highest BCUT2D eigenvalue weighted by Crippen LogP contribution is 2.10. The number of aromatic nitrogens is 3. The molecule has 0 unspecified atom stereocenters. The molecule has 0 saturated carbocycles. The van der Waals surface area contributed by atoms with E-state index in [0.717, 1.165) is 5.56 Å². The molecule has 0 aliphatic rings. The predicted molar refractivity (Wildman–Crippen MR) is 63.1 cm³/mol. The summed E-state index contributed by atoms with van der Waals surface area (Å²) in [5.41, 5.74) is 6.41. The van der Waals surface area contributed by atoms with Crippen LogP contribution in [0.5, 0.6) is 5.75 Å². The molecule has 1 aromatic carbocycles. The fourth-order valence-corrected chi connectivity index (χ4v) is 1.37. The van der Waals surface area contributed by atoms with E-state index in [9.17, 15) is 0 Å². The molecule has 16 heavy (non-hydrogen) atoms. The van der Waals surface area contributed by atoms with Crippen LogP contribution in [0.1, 0.15) is 11.4 Å². The third-order valence-corrected chi connectivity index (χ3v) is 2.22. The van der Waals surface area contributed by atoms with E-state index in [1.54, 1.807) is 23.1 Å². The smallest absolute Gasteiger partial charge is 0.208 e. The van der Waals surface area contributed by atoms with Crippen molar-refractivity contribution in [3.8, 4) is 5.75 Å². The van der Waals surface area contributed by atoms with E-state index in [1.165, 1.54) is 0 Å². The van der Waals surface area contributed by atoms with Crippen LogP contribution in [-0.2, 0) is 6.54 Å². The SMILES string of the molecule is NC(=S)c1ncn(Cc2ccc(O)cc2)n1. The van der Waals surface area contributed by atoms with Gasteiger partial charge in [-0.05, 0) is 17.7 Å². The molecule has 82 valence electrons. The van der Waals surface area contributed by atoms with Gasteiger partial charge in [0, 0.05) is 0 Å². The standard InChI is InChI=1S/C10H10N4OS/c11-9(16)10-12-6-14(13-10)5-7-1-3-8(15)4-2-7/h1-4,6,15H,5H2,(H2,11,16). The number of nitrogens with two attached hydrogens (primary N) is 1. The summed E-state index contributed by atoms with van der Waals surface area (Å²) in [6, 6.07) is 6.89. The number of phenols is 1. The maximum absolute atomic E-state index is 9.13. The Morgan fingerprint density at radius 1 is 1.38 bits per heavy atom. The van der Waals surface area contributed by atoms with Crippen molar-refractivity contribution >= 4 is 17.2 Å². The van der Waals surface area contributed by atoms with Gasteiger partial charge in [0.2, 0.25) is 5.82 Å². The molecule has 0 amide bonds. The molecule has 0 fully saturated rings. The molecule has 1 aromatic heterocycles. The third-order valence-electron chi connectivity index (χ3n) is 2.04. The molecular weight excluding hydrogens is 224 g/mol. The van der Waals surface area contributed by atoms with E-state index in [1.807, 2.05) is 12.1 Å². The van der Waals surface area contributed by atoms with Gasteiger partial charge in [-0.15, -0.1) is 5.10 Å². The summed E-state index contributed by atoms with van der Waals surface area (Å²) in [5.74, 6) is 0.611. The molecule has 2 rings (SSSR count). The zero-order valence-electron chi connectivity index (χ0n) is 8.37. The number of benzene rings is 1. The first-order valence-electron chi connectivity index (χ1n) is 4.62. The average molecular weight is 234 g/mol. The van der Waals surface area contributed by atoms with Gasteiger partial charge in [-0.2, -0.15) is 0 Å². The Morgan fingerprint density at radius 3 is 2.62 bits per heavy atom. The fraction of sp³-hybridized carbons (Fsp3) is 0.100. The maximum Gasteiger partial charge on any atom is 0.208 e. The lowest BCUT2D eigenvalue weighted by Gasteiger charge is -2.00. The van der Waals surface area contributed by atoms with Crippen LogP contribution in [0.15, 0.2) is 30.6 Å². The number of hydrogen-bond acceptors (Lipinski definition) is 4. The van der Waals surface area contributed by atoms with Crippen LogP contribution in [0.4, 0.5) is 0 Å². The molecule has 2 aromatic rings. The fourth-order valence-electron chi connectivity index (χ4n) is 1.27. The van der Waals surface area contributed by atoms with Crippen molar-refractivity contribution in [1.29, 1.82) is 0 Å². The molecule has 0 saturated heterocycles. The van der Waals surface area contributed by atoms with Crippen LogP contribution in [0.25, 0.3) is 0 Å². The van der Waals surface area contributed by atoms with Crippen molar-refractivity contribution < 1.29 is 5.11 Å². The van der Waals surface area contributed by atoms with Crippen LogP contribution in [-0.4, -0.2) is 24.9 Å². The van der Waals surface area contributed by atoms with Crippen molar-refractivity contribution in [3.05, 3.63) is 42.0 Å². The van der Waals surface area contributed by atoms with Crippen LogP contribution in [0, 0.1) is 0 Å². The van der Waals surface area contributed by atoms with Gasteiger partial charge in [-0.3, -0.25) is 0 Å². The van der Waals surface area contributed by atoms with Crippen molar-refractivity contribution in [3.63, 3.8) is 0 Å². The van der Waals surface area contributed by atoms with Gasteiger partial charge >= 0.3 is 0 Å². The van der Waals surface area contributed by atoms with Gasteiger partial charge in [0.15, 0.2) is 0 Å². The molecule has 5 nitrogen and oxygen atoms in total. The topological polar surface area (TPSA) is 77.0 Å². The predicted octanol–water partition coefficient (Wildman–Crippen LogP) is 0.666.